The maximum atomic E-state index is 12.7. The summed E-state index contributed by atoms with van der Waals surface area (Å²) in [4.78, 5) is 12.7. The van der Waals surface area contributed by atoms with E-state index >= 15 is 0 Å². The van der Waals surface area contributed by atoms with Gasteiger partial charge in [-0.3, -0.25) is 0 Å². The summed E-state index contributed by atoms with van der Waals surface area (Å²) in [5.41, 5.74) is 7.08. The van der Waals surface area contributed by atoms with Gasteiger partial charge in [0.05, 0.1) is 28.3 Å². The fourth-order valence-corrected chi connectivity index (χ4v) is 5.13. The Morgan fingerprint density at radius 3 is 1.74 bits per heavy atom. The van der Waals surface area contributed by atoms with Crippen LogP contribution in [0.15, 0.2) is 119 Å². The Kier molecular flexibility index (Phi) is 9.24. The van der Waals surface area contributed by atoms with Crippen LogP contribution in [0.25, 0.3) is 12.2 Å². The second kappa shape index (κ2) is 13.6. The van der Waals surface area contributed by atoms with Crippen molar-refractivity contribution in [1.82, 2.24) is 0 Å². The number of carbonyl (C=O) groups is 1. The second-order valence-electron chi connectivity index (χ2n) is 10.4. The van der Waals surface area contributed by atoms with Crippen molar-refractivity contribution in [3.05, 3.63) is 126 Å². The molecule has 5 rings (SSSR count). The molecule has 210 valence electrons. The molecule has 0 heterocycles. The van der Waals surface area contributed by atoms with Crippen molar-refractivity contribution >= 4 is 40.9 Å². The molecular weight excluding hydrogens is 520 g/mol. The molecule has 4 aromatic carbocycles. The predicted octanol–water partition coefficient (Wildman–Crippen LogP) is 11.4. The summed E-state index contributed by atoms with van der Waals surface area (Å²) in [5, 5.41) is 17.6. The molecular formula is C36H34N4O2. The van der Waals surface area contributed by atoms with Crippen LogP contribution >= 0.6 is 0 Å². The molecule has 6 heteroatoms. The summed E-state index contributed by atoms with van der Waals surface area (Å²) < 4.78 is 5.60. The molecule has 0 spiro atoms. The van der Waals surface area contributed by atoms with E-state index in [1.54, 1.807) is 36.4 Å². The first-order valence-corrected chi connectivity index (χ1v) is 14.3. The minimum Gasteiger partial charge on any atom is -0.423 e. The average molecular weight is 555 g/mol. The Labute approximate surface area is 247 Å². The molecule has 1 aliphatic carbocycles. The third kappa shape index (κ3) is 7.02. The van der Waals surface area contributed by atoms with Gasteiger partial charge in [0.25, 0.3) is 0 Å². The molecule has 0 atom stereocenters. The van der Waals surface area contributed by atoms with E-state index in [1.165, 1.54) is 37.7 Å². The van der Waals surface area contributed by atoms with E-state index in [2.05, 4.69) is 45.7 Å². The molecule has 6 nitrogen and oxygen atoms in total. The molecule has 42 heavy (non-hydrogen) atoms. The largest absolute Gasteiger partial charge is 0.423 e. The number of azo groups is 2. The van der Waals surface area contributed by atoms with Crippen molar-refractivity contribution in [2.24, 2.45) is 20.5 Å². The second-order valence-corrected chi connectivity index (χ2v) is 10.4. The van der Waals surface area contributed by atoms with E-state index in [4.69, 9.17) is 4.74 Å². The number of esters is 1. The highest BCUT2D eigenvalue weighted by atomic mass is 16.5. The monoisotopic (exact) mass is 554 g/mol. The van der Waals surface area contributed by atoms with Crippen LogP contribution in [0.5, 0.6) is 5.75 Å². The fourth-order valence-electron chi connectivity index (χ4n) is 5.13. The average Bonchev–Trinajstić information content (AvgIpc) is 3.04. The number of nitrogens with zero attached hydrogens (tertiary/aromatic N) is 4. The number of benzene rings is 4. The van der Waals surface area contributed by atoms with E-state index in [0.29, 0.717) is 34.3 Å². The van der Waals surface area contributed by atoms with Gasteiger partial charge >= 0.3 is 5.97 Å². The van der Waals surface area contributed by atoms with Gasteiger partial charge in [-0.05, 0) is 91.9 Å². The molecule has 4 aromatic rings. The smallest absolute Gasteiger partial charge is 0.343 e. The lowest BCUT2D eigenvalue weighted by molar-refractivity contribution is 0.0734. The fraction of sp³-hybridized carbons (Fsp3) is 0.194. The molecule has 1 aliphatic rings. The maximum absolute atomic E-state index is 12.7. The van der Waals surface area contributed by atoms with Gasteiger partial charge in [-0.15, -0.1) is 10.2 Å². The van der Waals surface area contributed by atoms with Gasteiger partial charge in [-0.25, -0.2) is 4.79 Å². The normalized spacial score (nSPS) is 13.8. The van der Waals surface area contributed by atoms with E-state index in [0.717, 1.165) is 22.4 Å². The van der Waals surface area contributed by atoms with Gasteiger partial charge in [0.1, 0.15) is 5.75 Å². The van der Waals surface area contributed by atoms with Crippen molar-refractivity contribution in [3.8, 4) is 5.75 Å². The van der Waals surface area contributed by atoms with Crippen LogP contribution in [0.1, 0.15) is 70.6 Å². The van der Waals surface area contributed by atoms with Gasteiger partial charge in [-0.1, -0.05) is 74.4 Å². The summed E-state index contributed by atoms with van der Waals surface area (Å²) in [5.74, 6) is 0.743. The first kappa shape index (κ1) is 28.6. The Morgan fingerprint density at radius 1 is 0.690 bits per heavy atom. The van der Waals surface area contributed by atoms with E-state index in [9.17, 15) is 4.79 Å². The number of aryl methyl sites for hydroxylation is 1. The van der Waals surface area contributed by atoms with Crippen LogP contribution in [0.2, 0.25) is 0 Å². The molecule has 0 bridgehead atoms. The zero-order valence-corrected chi connectivity index (χ0v) is 23.9. The van der Waals surface area contributed by atoms with Crippen LogP contribution in [-0.4, -0.2) is 5.97 Å². The summed E-state index contributed by atoms with van der Waals surface area (Å²) in [7, 11) is 0. The van der Waals surface area contributed by atoms with E-state index in [-0.39, 0.29) is 0 Å². The van der Waals surface area contributed by atoms with Crippen molar-refractivity contribution in [3.63, 3.8) is 0 Å². The topological polar surface area (TPSA) is 75.7 Å². The van der Waals surface area contributed by atoms with Crippen molar-refractivity contribution in [2.75, 3.05) is 0 Å². The third-order valence-electron chi connectivity index (χ3n) is 7.50. The number of carbonyl (C=O) groups excluding carboxylic acids is 1. The molecule has 1 fully saturated rings. The first-order chi connectivity index (χ1) is 20.5. The lowest BCUT2D eigenvalue weighted by Gasteiger charge is -2.22. The van der Waals surface area contributed by atoms with Crippen LogP contribution in [0.4, 0.5) is 22.7 Å². The van der Waals surface area contributed by atoms with Gasteiger partial charge in [0.15, 0.2) is 0 Å². The van der Waals surface area contributed by atoms with Crippen LogP contribution < -0.4 is 4.74 Å². The maximum Gasteiger partial charge on any atom is 0.343 e. The molecule has 0 N–H and O–H groups in total. The van der Waals surface area contributed by atoms with Gasteiger partial charge < -0.3 is 4.74 Å². The quantitative estimate of drug-likeness (QED) is 0.117. The van der Waals surface area contributed by atoms with Gasteiger partial charge in [0, 0.05) is 11.1 Å². The third-order valence-corrected chi connectivity index (χ3v) is 7.50. The van der Waals surface area contributed by atoms with Crippen LogP contribution in [0, 0.1) is 6.92 Å². The molecule has 0 unspecified atom stereocenters. The number of hydrogen-bond donors (Lipinski definition) is 0. The summed E-state index contributed by atoms with van der Waals surface area (Å²) in [6.45, 7) is 9.92. The van der Waals surface area contributed by atoms with Crippen LogP contribution in [-0.2, 0) is 0 Å². The molecule has 0 aromatic heterocycles. The highest BCUT2D eigenvalue weighted by Crippen LogP contribution is 2.35. The van der Waals surface area contributed by atoms with Crippen molar-refractivity contribution < 1.29 is 9.53 Å². The van der Waals surface area contributed by atoms with Crippen LogP contribution in [0.3, 0.4) is 0 Å². The summed E-state index contributed by atoms with van der Waals surface area (Å²) >= 11 is 0. The highest BCUT2D eigenvalue weighted by molar-refractivity contribution is 5.91. The van der Waals surface area contributed by atoms with E-state index in [1.807, 2.05) is 55.5 Å². The van der Waals surface area contributed by atoms with Gasteiger partial charge in [-0.2, -0.15) is 10.2 Å². The zero-order valence-electron chi connectivity index (χ0n) is 23.9. The Hall–Kier alpha value is -4.97. The van der Waals surface area contributed by atoms with Gasteiger partial charge in [0.2, 0.25) is 0 Å². The lowest BCUT2D eigenvalue weighted by atomic mass is 9.84. The number of ether oxygens (including phenoxy) is 1. The summed E-state index contributed by atoms with van der Waals surface area (Å²) in [6.07, 6.45) is 9.79. The Balaban J connectivity index is 1.25. The molecule has 0 aliphatic heterocycles. The lowest BCUT2D eigenvalue weighted by Crippen LogP contribution is -2.08. The molecule has 0 amide bonds. The molecule has 1 saturated carbocycles. The summed E-state index contributed by atoms with van der Waals surface area (Å²) in [6, 6.07) is 26.2. The molecule has 0 radical (unpaired) electrons. The Morgan fingerprint density at radius 2 is 1.21 bits per heavy atom. The minimum absolute atomic E-state index is 0.413. The zero-order chi connectivity index (χ0) is 29.3. The first-order valence-electron chi connectivity index (χ1n) is 14.3. The minimum atomic E-state index is -0.413. The standard InChI is InChI=1S/C36H34N4O2/c1-4-32-33(5-2)35(24-23-34(32)39-37-29-17-11-25(3)12-18-29)40-38-30-19-13-28(14-20-30)36(41)42-31-21-15-27(16-22-31)26-9-7-6-8-10-26/h4-5,11-24,26H,1-2,6-10H2,3H3. The van der Waals surface area contributed by atoms with Crippen molar-refractivity contribution in [1.29, 1.82) is 0 Å². The van der Waals surface area contributed by atoms with E-state index < -0.39 is 5.97 Å². The SMILES string of the molecule is C=Cc1c(N=Nc2ccc(C)cc2)ccc(N=Nc2ccc(C(=O)Oc3ccc(C4CCCCC4)cc3)cc2)c1C=C. The molecule has 0 saturated heterocycles. The van der Waals surface area contributed by atoms with Crippen molar-refractivity contribution in [2.45, 2.75) is 44.9 Å². The predicted molar refractivity (Wildman–Crippen MR) is 170 cm³/mol. The highest BCUT2D eigenvalue weighted by Gasteiger charge is 2.16. The number of hydrogen-bond acceptors (Lipinski definition) is 6. The number of rotatable bonds is 9. The Bertz CT molecular complexity index is 1610.